The van der Waals surface area contributed by atoms with E-state index in [9.17, 15) is 20.1 Å². The molecule has 1 aliphatic heterocycles. The van der Waals surface area contributed by atoms with Crippen LogP contribution in [0.3, 0.4) is 0 Å². The Labute approximate surface area is 203 Å². The van der Waals surface area contributed by atoms with E-state index in [4.69, 9.17) is 11.6 Å². The summed E-state index contributed by atoms with van der Waals surface area (Å²) in [6.45, 7) is 6.05. The first-order chi connectivity index (χ1) is 15.7. The Morgan fingerprint density at radius 3 is 2.48 bits per heavy atom. The number of anilines is 1. The van der Waals surface area contributed by atoms with Gasteiger partial charge in [-0.2, -0.15) is 0 Å². The predicted molar refractivity (Wildman–Crippen MR) is 135 cm³/mol. The molecule has 0 spiro atoms. The summed E-state index contributed by atoms with van der Waals surface area (Å²) in [4.78, 5) is 14.5. The fourth-order valence-electron chi connectivity index (χ4n) is 4.51. The lowest BCUT2D eigenvalue weighted by atomic mass is 9.88. The van der Waals surface area contributed by atoms with Gasteiger partial charge in [-0.1, -0.05) is 55.3 Å². The zero-order valence-corrected chi connectivity index (χ0v) is 21.2. The number of nitrogens with zero attached hydrogens (tertiary/aromatic N) is 1. The third-order valence-corrected chi connectivity index (χ3v) is 7.07. The fraction of sp³-hybridized carbons (Fsp3) is 0.593. The monoisotopic (exact) mass is 477 g/mol. The van der Waals surface area contributed by atoms with Gasteiger partial charge in [0, 0.05) is 19.4 Å². The number of fused-ring (bicyclic) bond motifs is 2. The van der Waals surface area contributed by atoms with Crippen molar-refractivity contribution in [1.82, 2.24) is 0 Å². The number of amides is 1. The summed E-state index contributed by atoms with van der Waals surface area (Å²) in [5, 5.41) is 30.5. The molecule has 1 aliphatic rings. The average molecular weight is 478 g/mol. The molecule has 0 saturated carbocycles. The topological polar surface area (TPSA) is 81.0 Å². The molecule has 1 amide bonds. The third kappa shape index (κ3) is 8.25. The maximum atomic E-state index is 12.9. The van der Waals surface area contributed by atoms with Gasteiger partial charge in [0.2, 0.25) is 5.91 Å². The van der Waals surface area contributed by atoms with E-state index in [0.29, 0.717) is 47.4 Å². The molecular formula is C27H40ClNO4. The molecule has 1 unspecified atom stereocenters. The van der Waals surface area contributed by atoms with Gasteiger partial charge in [0.05, 0.1) is 30.0 Å². The smallest absolute Gasteiger partial charge is 0.226 e. The minimum atomic E-state index is -0.582. The second-order valence-corrected chi connectivity index (χ2v) is 10.1. The lowest BCUT2D eigenvalue weighted by Gasteiger charge is -2.23. The quantitative estimate of drug-likeness (QED) is 0.557. The van der Waals surface area contributed by atoms with Crippen molar-refractivity contribution >= 4 is 23.2 Å². The largest absolute Gasteiger partial charge is 0.396 e. The molecule has 1 aromatic carbocycles. The molecule has 6 heteroatoms. The fourth-order valence-corrected chi connectivity index (χ4v) is 4.81. The predicted octanol–water partition coefficient (Wildman–Crippen LogP) is 5.05. The zero-order valence-electron chi connectivity index (χ0n) is 20.4. The molecule has 184 valence electrons. The second kappa shape index (κ2) is 13.3. The molecular weight excluding hydrogens is 438 g/mol. The SMILES string of the molecule is C/C1=C\C=C\[C@@H](CO)[C@@H](O)CC[C@@H](C)CC(C)CCC(=O)N(C)c2cc(cc(CO)c2Cl)C1. The van der Waals surface area contributed by atoms with Crippen LogP contribution < -0.4 is 4.90 Å². The Hall–Kier alpha value is -1.66. The van der Waals surface area contributed by atoms with Crippen LogP contribution in [0.15, 0.2) is 35.9 Å². The lowest BCUT2D eigenvalue weighted by Crippen LogP contribution is -2.27. The zero-order chi connectivity index (χ0) is 24.5. The molecule has 1 heterocycles. The minimum absolute atomic E-state index is 0.00627. The maximum Gasteiger partial charge on any atom is 0.226 e. The summed E-state index contributed by atoms with van der Waals surface area (Å²) in [7, 11) is 1.74. The molecule has 0 aromatic heterocycles. The first-order valence-electron chi connectivity index (χ1n) is 12.0. The van der Waals surface area contributed by atoms with E-state index in [-0.39, 0.29) is 25.0 Å². The van der Waals surface area contributed by atoms with Crippen LogP contribution in [0, 0.1) is 17.8 Å². The first-order valence-corrected chi connectivity index (χ1v) is 12.4. The van der Waals surface area contributed by atoms with E-state index < -0.39 is 6.10 Å². The van der Waals surface area contributed by atoms with Crippen molar-refractivity contribution in [3.05, 3.63) is 52.1 Å². The number of aliphatic hydroxyl groups is 3. The van der Waals surface area contributed by atoms with Gasteiger partial charge < -0.3 is 20.2 Å². The number of carbonyl (C=O) groups excluding carboxylic acids is 1. The van der Waals surface area contributed by atoms with Crippen LogP contribution in [0.4, 0.5) is 5.69 Å². The van der Waals surface area contributed by atoms with Crippen molar-refractivity contribution in [3.63, 3.8) is 0 Å². The van der Waals surface area contributed by atoms with E-state index >= 15 is 0 Å². The Morgan fingerprint density at radius 2 is 1.82 bits per heavy atom. The Balaban J connectivity index is 2.39. The third-order valence-electron chi connectivity index (χ3n) is 6.63. The average Bonchev–Trinajstić information content (AvgIpc) is 2.78. The van der Waals surface area contributed by atoms with E-state index in [0.717, 1.165) is 30.4 Å². The summed E-state index contributed by atoms with van der Waals surface area (Å²) in [5.41, 5.74) is 3.25. The summed E-state index contributed by atoms with van der Waals surface area (Å²) in [6.07, 6.45) is 9.48. The molecule has 2 rings (SSSR count). The number of hydrogen-bond donors (Lipinski definition) is 3. The van der Waals surface area contributed by atoms with Crippen molar-refractivity contribution in [2.24, 2.45) is 17.8 Å². The van der Waals surface area contributed by atoms with Crippen molar-refractivity contribution in [2.75, 3.05) is 18.6 Å². The highest BCUT2D eigenvalue weighted by molar-refractivity contribution is 6.34. The number of allylic oxidation sites excluding steroid dienone is 3. The highest BCUT2D eigenvalue weighted by atomic mass is 35.5. The Kier molecular flexibility index (Phi) is 11.1. The number of aliphatic hydroxyl groups excluding tert-OH is 3. The van der Waals surface area contributed by atoms with Crippen LogP contribution in [-0.2, 0) is 17.8 Å². The van der Waals surface area contributed by atoms with Crippen LogP contribution in [0.1, 0.15) is 64.0 Å². The number of carbonyl (C=O) groups is 1. The molecule has 0 aliphatic carbocycles. The highest BCUT2D eigenvalue weighted by Gasteiger charge is 2.20. The number of halogens is 1. The lowest BCUT2D eigenvalue weighted by molar-refractivity contribution is -0.118. The molecule has 4 atom stereocenters. The summed E-state index contributed by atoms with van der Waals surface area (Å²) < 4.78 is 0. The minimum Gasteiger partial charge on any atom is -0.396 e. The molecule has 5 nitrogen and oxygen atoms in total. The van der Waals surface area contributed by atoms with E-state index in [1.807, 2.05) is 37.3 Å². The van der Waals surface area contributed by atoms with Crippen molar-refractivity contribution < 1.29 is 20.1 Å². The van der Waals surface area contributed by atoms with Crippen LogP contribution in [0.25, 0.3) is 0 Å². The summed E-state index contributed by atoms with van der Waals surface area (Å²) in [6, 6.07) is 3.79. The number of rotatable bonds is 2. The normalized spacial score (nSPS) is 28.9. The molecule has 0 radical (unpaired) electrons. The van der Waals surface area contributed by atoms with Gasteiger partial charge >= 0.3 is 0 Å². The van der Waals surface area contributed by atoms with E-state index in [2.05, 4.69) is 13.8 Å². The van der Waals surface area contributed by atoms with E-state index in [1.54, 1.807) is 11.9 Å². The van der Waals surface area contributed by atoms with Gasteiger partial charge in [-0.15, -0.1) is 0 Å². The first kappa shape index (κ1) is 27.6. The molecule has 0 fully saturated rings. The summed E-state index contributed by atoms with van der Waals surface area (Å²) in [5.74, 6) is 0.516. The van der Waals surface area contributed by atoms with Gasteiger partial charge in [-0.05, 0) is 68.1 Å². The van der Waals surface area contributed by atoms with Gasteiger partial charge in [0.25, 0.3) is 0 Å². The number of benzene rings is 1. The molecule has 33 heavy (non-hydrogen) atoms. The molecule has 0 saturated heterocycles. The van der Waals surface area contributed by atoms with Crippen LogP contribution in [0.5, 0.6) is 0 Å². The van der Waals surface area contributed by atoms with Gasteiger partial charge in [0.15, 0.2) is 0 Å². The van der Waals surface area contributed by atoms with Gasteiger partial charge in [0.1, 0.15) is 0 Å². The van der Waals surface area contributed by atoms with Crippen molar-refractivity contribution in [2.45, 2.75) is 72.0 Å². The van der Waals surface area contributed by atoms with Crippen molar-refractivity contribution in [3.8, 4) is 0 Å². The summed E-state index contributed by atoms with van der Waals surface area (Å²) >= 11 is 6.53. The molecule has 1 aromatic rings. The number of hydrogen-bond acceptors (Lipinski definition) is 4. The maximum absolute atomic E-state index is 12.9. The standard InChI is InChI=1S/C27H40ClNO4/c1-18-6-5-7-22(16-30)25(32)10-8-19(2)12-20(3)9-11-26(33)29(4)24-15-21(13-18)14-23(17-31)27(24)28/h5-7,14-15,19-20,22,25,30-32H,8-13,16-17H2,1-4H3/b7-5+,18-6+/t19-,20?,22+,25+/m1/s1. The second-order valence-electron chi connectivity index (χ2n) is 9.75. The van der Waals surface area contributed by atoms with Gasteiger partial charge in [-0.25, -0.2) is 0 Å². The van der Waals surface area contributed by atoms with Crippen LogP contribution in [0.2, 0.25) is 5.02 Å². The van der Waals surface area contributed by atoms with Crippen LogP contribution in [-0.4, -0.2) is 41.0 Å². The Bertz CT molecular complexity index is 851. The molecule has 2 bridgehead atoms. The Morgan fingerprint density at radius 1 is 1.12 bits per heavy atom. The van der Waals surface area contributed by atoms with Gasteiger partial charge in [-0.3, -0.25) is 4.79 Å². The van der Waals surface area contributed by atoms with Crippen LogP contribution >= 0.6 is 11.6 Å². The van der Waals surface area contributed by atoms with Crippen molar-refractivity contribution in [1.29, 1.82) is 0 Å². The van der Waals surface area contributed by atoms with E-state index in [1.165, 1.54) is 0 Å². The molecule has 3 N–H and O–H groups in total. The highest BCUT2D eigenvalue weighted by Crippen LogP contribution is 2.32.